The number of hydrogen-bond donors (Lipinski definition) is 2. The Bertz CT molecular complexity index is 726. The molecule has 118 valence electrons. The summed E-state index contributed by atoms with van der Waals surface area (Å²) in [6.07, 6.45) is 1.42. The molecule has 0 radical (unpaired) electrons. The standard InChI is InChI=1S/C16H15ClN4O2/c17-14-13(10-20-15(18)21-14)8-4-5-9-19-16(22)23-11-12-6-2-1-3-7-12/h1-3,6-7,10H,5,9,11H2,(H,19,22)(H2,18,20,21). The van der Waals surface area contributed by atoms with Crippen molar-refractivity contribution in [2.24, 2.45) is 0 Å². The molecule has 23 heavy (non-hydrogen) atoms. The van der Waals surface area contributed by atoms with Crippen molar-refractivity contribution in [3.8, 4) is 11.8 Å². The number of anilines is 1. The summed E-state index contributed by atoms with van der Waals surface area (Å²) in [6.45, 7) is 0.602. The number of rotatable bonds is 4. The van der Waals surface area contributed by atoms with Gasteiger partial charge in [0.15, 0.2) is 0 Å². The number of nitrogens with two attached hydrogens (primary N) is 1. The molecule has 1 aromatic heterocycles. The molecule has 0 saturated heterocycles. The number of nitrogen functional groups attached to an aromatic ring is 1. The zero-order valence-electron chi connectivity index (χ0n) is 12.3. The van der Waals surface area contributed by atoms with Gasteiger partial charge in [-0.25, -0.2) is 9.78 Å². The van der Waals surface area contributed by atoms with Gasteiger partial charge in [0.05, 0.1) is 5.56 Å². The zero-order chi connectivity index (χ0) is 16.5. The van der Waals surface area contributed by atoms with E-state index in [0.717, 1.165) is 5.56 Å². The number of amides is 1. The van der Waals surface area contributed by atoms with Crippen LogP contribution in [0.5, 0.6) is 0 Å². The molecule has 1 amide bonds. The van der Waals surface area contributed by atoms with Crippen molar-refractivity contribution in [2.45, 2.75) is 13.0 Å². The van der Waals surface area contributed by atoms with Crippen LogP contribution in [-0.2, 0) is 11.3 Å². The van der Waals surface area contributed by atoms with Crippen LogP contribution in [0.1, 0.15) is 17.5 Å². The highest BCUT2D eigenvalue weighted by atomic mass is 35.5. The van der Waals surface area contributed by atoms with Crippen LogP contribution in [0.2, 0.25) is 5.15 Å². The Morgan fingerprint density at radius 3 is 2.87 bits per heavy atom. The second-order valence-electron chi connectivity index (χ2n) is 4.47. The first kappa shape index (κ1) is 16.6. The fourth-order valence-corrected chi connectivity index (χ4v) is 1.80. The number of hydrogen-bond acceptors (Lipinski definition) is 5. The molecule has 0 aliphatic heterocycles. The molecule has 0 atom stereocenters. The molecule has 0 fully saturated rings. The largest absolute Gasteiger partial charge is 0.445 e. The number of nitrogens with one attached hydrogen (secondary N) is 1. The molecule has 0 bridgehead atoms. The topological polar surface area (TPSA) is 90.1 Å². The van der Waals surface area contributed by atoms with E-state index in [1.54, 1.807) is 0 Å². The summed E-state index contributed by atoms with van der Waals surface area (Å²) in [5.74, 6) is 5.78. The predicted octanol–water partition coefficient (Wildman–Crippen LogP) is 2.38. The second kappa shape index (κ2) is 8.61. The minimum atomic E-state index is -0.482. The van der Waals surface area contributed by atoms with Gasteiger partial charge in [0.25, 0.3) is 0 Å². The number of halogens is 1. The smallest absolute Gasteiger partial charge is 0.407 e. The van der Waals surface area contributed by atoms with Crippen LogP contribution < -0.4 is 11.1 Å². The van der Waals surface area contributed by atoms with Crippen molar-refractivity contribution in [2.75, 3.05) is 12.3 Å². The van der Waals surface area contributed by atoms with Gasteiger partial charge in [-0.1, -0.05) is 53.8 Å². The van der Waals surface area contributed by atoms with Crippen molar-refractivity contribution >= 4 is 23.6 Å². The number of benzene rings is 1. The van der Waals surface area contributed by atoms with Crippen LogP contribution in [0.3, 0.4) is 0 Å². The Balaban J connectivity index is 1.69. The van der Waals surface area contributed by atoms with E-state index in [9.17, 15) is 4.79 Å². The third-order valence-corrected chi connectivity index (χ3v) is 3.00. The number of carbonyl (C=O) groups is 1. The third-order valence-electron chi connectivity index (χ3n) is 2.72. The Morgan fingerprint density at radius 2 is 2.13 bits per heavy atom. The maximum atomic E-state index is 11.5. The lowest BCUT2D eigenvalue weighted by atomic mass is 10.2. The number of alkyl carbamates (subject to hydrolysis) is 1. The van der Waals surface area contributed by atoms with Crippen molar-refractivity contribution in [1.82, 2.24) is 15.3 Å². The molecule has 1 heterocycles. The van der Waals surface area contributed by atoms with Crippen LogP contribution in [0.25, 0.3) is 0 Å². The Kier molecular flexibility index (Phi) is 6.21. The van der Waals surface area contributed by atoms with E-state index >= 15 is 0 Å². The molecular weight excluding hydrogens is 316 g/mol. The second-order valence-corrected chi connectivity index (χ2v) is 4.83. The molecular formula is C16H15ClN4O2. The van der Waals surface area contributed by atoms with Crippen LogP contribution in [0.15, 0.2) is 36.5 Å². The Hall–Kier alpha value is -2.78. The van der Waals surface area contributed by atoms with Gasteiger partial charge in [0.1, 0.15) is 11.8 Å². The van der Waals surface area contributed by atoms with Crippen LogP contribution in [-0.4, -0.2) is 22.6 Å². The predicted molar refractivity (Wildman–Crippen MR) is 87.6 cm³/mol. The third kappa shape index (κ3) is 5.85. The summed E-state index contributed by atoms with van der Waals surface area (Å²) in [5, 5.41) is 2.82. The zero-order valence-corrected chi connectivity index (χ0v) is 13.0. The first-order valence-corrected chi connectivity index (χ1v) is 7.24. The summed E-state index contributed by atoms with van der Waals surface area (Å²) in [4.78, 5) is 19.1. The monoisotopic (exact) mass is 330 g/mol. The fourth-order valence-electron chi connectivity index (χ4n) is 1.62. The van der Waals surface area contributed by atoms with E-state index in [1.807, 2.05) is 30.3 Å². The SMILES string of the molecule is Nc1ncc(C#CCCNC(=O)OCc2ccccc2)c(Cl)n1. The molecule has 2 aromatic rings. The number of aromatic nitrogens is 2. The van der Waals surface area contributed by atoms with E-state index in [2.05, 4.69) is 27.1 Å². The molecule has 2 rings (SSSR count). The summed E-state index contributed by atoms with van der Waals surface area (Å²) in [5.41, 5.74) is 6.82. The van der Waals surface area contributed by atoms with E-state index in [1.165, 1.54) is 6.20 Å². The van der Waals surface area contributed by atoms with Gasteiger partial charge < -0.3 is 15.8 Å². The Labute approximate surface area is 139 Å². The van der Waals surface area contributed by atoms with Gasteiger partial charge in [0.2, 0.25) is 5.95 Å². The maximum absolute atomic E-state index is 11.5. The van der Waals surface area contributed by atoms with E-state index in [4.69, 9.17) is 22.1 Å². The molecule has 0 aliphatic carbocycles. The van der Waals surface area contributed by atoms with Gasteiger partial charge in [-0.3, -0.25) is 0 Å². The number of ether oxygens (including phenoxy) is 1. The molecule has 0 saturated carbocycles. The average Bonchev–Trinajstić information content (AvgIpc) is 2.55. The maximum Gasteiger partial charge on any atom is 0.407 e. The van der Waals surface area contributed by atoms with Gasteiger partial charge in [0, 0.05) is 19.2 Å². The highest BCUT2D eigenvalue weighted by Crippen LogP contribution is 2.10. The first-order chi connectivity index (χ1) is 11.1. The van der Waals surface area contributed by atoms with E-state index < -0.39 is 6.09 Å². The highest BCUT2D eigenvalue weighted by molar-refractivity contribution is 6.30. The lowest BCUT2D eigenvalue weighted by Crippen LogP contribution is -2.24. The van der Waals surface area contributed by atoms with Crippen molar-refractivity contribution in [3.63, 3.8) is 0 Å². The molecule has 0 aliphatic rings. The molecule has 7 heteroatoms. The molecule has 6 nitrogen and oxygen atoms in total. The average molecular weight is 331 g/mol. The summed E-state index contributed by atoms with van der Waals surface area (Å²) in [6, 6.07) is 9.45. The number of carbonyl (C=O) groups excluding carboxylic acids is 1. The van der Waals surface area contributed by atoms with Crippen molar-refractivity contribution in [3.05, 3.63) is 52.8 Å². The fraction of sp³-hybridized carbons (Fsp3) is 0.188. The van der Waals surface area contributed by atoms with E-state index in [0.29, 0.717) is 18.5 Å². The summed E-state index contributed by atoms with van der Waals surface area (Å²) >= 11 is 5.87. The molecule has 0 spiro atoms. The molecule has 0 unspecified atom stereocenters. The van der Waals surface area contributed by atoms with Gasteiger partial charge in [-0.05, 0) is 5.56 Å². The van der Waals surface area contributed by atoms with Crippen molar-refractivity contribution in [1.29, 1.82) is 0 Å². The number of nitrogens with zero attached hydrogens (tertiary/aromatic N) is 2. The van der Waals surface area contributed by atoms with Crippen LogP contribution in [0, 0.1) is 11.8 Å². The lowest BCUT2D eigenvalue weighted by molar-refractivity contribution is 0.140. The quantitative estimate of drug-likeness (QED) is 0.510. The minimum absolute atomic E-state index is 0.100. The first-order valence-electron chi connectivity index (χ1n) is 6.86. The molecule has 1 aromatic carbocycles. The molecule has 3 N–H and O–H groups in total. The highest BCUT2D eigenvalue weighted by Gasteiger charge is 2.01. The van der Waals surface area contributed by atoms with E-state index in [-0.39, 0.29) is 17.7 Å². The Morgan fingerprint density at radius 1 is 1.35 bits per heavy atom. The summed E-state index contributed by atoms with van der Waals surface area (Å²) in [7, 11) is 0. The van der Waals surface area contributed by atoms with Crippen LogP contribution in [0.4, 0.5) is 10.7 Å². The van der Waals surface area contributed by atoms with Crippen molar-refractivity contribution < 1.29 is 9.53 Å². The van der Waals surface area contributed by atoms with Gasteiger partial charge >= 0.3 is 6.09 Å². The lowest BCUT2D eigenvalue weighted by Gasteiger charge is -2.05. The normalized spacial score (nSPS) is 9.61. The van der Waals surface area contributed by atoms with Gasteiger partial charge in [-0.15, -0.1) is 0 Å². The van der Waals surface area contributed by atoms with Crippen LogP contribution >= 0.6 is 11.6 Å². The minimum Gasteiger partial charge on any atom is -0.445 e. The van der Waals surface area contributed by atoms with Gasteiger partial charge in [-0.2, -0.15) is 4.98 Å². The summed E-state index contributed by atoms with van der Waals surface area (Å²) < 4.78 is 5.07.